The molecule has 30 heavy (non-hydrogen) atoms. The molecule has 5 atom stereocenters. The fourth-order valence-electron chi connectivity index (χ4n) is 5.60. The van der Waals surface area contributed by atoms with E-state index < -0.39 is 23.7 Å². The van der Waals surface area contributed by atoms with E-state index in [4.69, 9.17) is 5.73 Å². The lowest BCUT2D eigenvalue weighted by molar-refractivity contribution is -0.146. The highest BCUT2D eigenvalue weighted by Gasteiger charge is 2.52. The fourth-order valence-corrected chi connectivity index (χ4v) is 6.94. The Kier molecular flexibility index (Phi) is 5.29. The van der Waals surface area contributed by atoms with Crippen molar-refractivity contribution in [1.29, 1.82) is 0 Å². The minimum atomic E-state index is -0.933. The third-order valence-corrected chi connectivity index (χ3v) is 8.98. The van der Waals surface area contributed by atoms with Gasteiger partial charge in [0.1, 0.15) is 5.00 Å². The van der Waals surface area contributed by atoms with Crippen molar-refractivity contribution in [2.24, 2.45) is 40.7 Å². The molecule has 4 rings (SSSR count). The Morgan fingerprint density at radius 2 is 1.90 bits per heavy atom. The number of hydrogen-bond acceptors (Lipinski definition) is 4. The summed E-state index contributed by atoms with van der Waals surface area (Å²) in [7, 11) is 0. The molecule has 0 spiro atoms. The van der Waals surface area contributed by atoms with Crippen LogP contribution in [0.25, 0.3) is 0 Å². The quantitative estimate of drug-likeness (QED) is 0.596. The van der Waals surface area contributed by atoms with Crippen molar-refractivity contribution >= 4 is 34.1 Å². The first-order chi connectivity index (χ1) is 14.1. The van der Waals surface area contributed by atoms with E-state index >= 15 is 0 Å². The molecule has 1 saturated carbocycles. The number of carbonyl (C=O) groups excluding carboxylic acids is 2. The summed E-state index contributed by atoms with van der Waals surface area (Å²) in [6.45, 7) is 6.76. The number of hydrogen-bond donors (Lipinski definition) is 3. The van der Waals surface area contributed by atoms with Crippen molar-refractivity contribution in [3.63, 3.8) is 0 Å². The van der Waals surface area contributed by atoms with Gasteiger partial charge in [-0.25, -0.2) is 0 Å². The fraction of sp³-hybridized carbons (Fsp3) is 0.609. The molecule has 3 aliphatic carbocycles. The Bertz CT molecular complexity index is 932. The van der Waals surface area contributed by atoms with Gasteiger partial charge >= 0.3 is 5.97 Å². The van der Waals surface area contributed by atoms with Crippen LogP contribution < -0.4 is 11.1 Å². The third-order valence-electron chi connectivity index (χ3n) is 7.81. The summed E-state index contributed by atoms with van der Waals surface area (Å²) in [5.41, 5.74) is 7.30. The highest BCUT2D eigenvalue weighted by molar-refractivity contribution is 7.17. The van der Waals surface area contributed by atoms with Crippen LogP contribution in [0.2, 0.25) is 0 Å². The number of primary amides is 1. The number of anilines is 1. The van der Waals surface area contributed by atoms with E-state index in [1.54, 1.807) is 0 Å². The lowest BCUT2D eigenvalue weighted by Gasteiger charge is -2.36. The smallest absolute Gasteiger partial charge is 0.307 e. The molecule has 1 aromatic heterocycles. The predicted octanol–water partition coefficient (Wildman–Crippen LogP) is 3.85. The standard InChI is InChI=1S/C23H30N2O4S/c1-4-23(2,3)13-7-8-14-15(10-13)30-21(18(14)19(24)26)25-20(27)16-11-5-6-12(9-11)17(16)22(28)29/h5-6,11-13,16-17H,4,7-10H2,1-3H3,(H2,24,26)(H,25,27)(H,28,29)/t11-,12-,13+,16-,17+/m0/s1. The number of allylic oxidation sites excluding steroid dienone is 2. The number of carboxylic acids is 1. The number of carboxylic acid groups (broad SMARTS) is 1. The first-order valence-corrected chi connectivity index (χ1v) is 11.6. The van der Waals surface area contributed by atoms with E-state index in [0.717, 1.165) is 36.1 Å². The molecular formula is C23H30N2O4S. The van der Waals surface area contributed by atoms with E-state index in [0.29, 0.717) is 22.9 Å². The van der Waals surface area contributed by atoms with Gasteiger partial charge < -0.3 is 16.2 Å². The van der Waals surface area contributed by atoms with Gasteiger partial charge in [0, 0.05) is 4.88 Å². The summed E-state index contributed by atoms with van der Waals surface area (Å²) in [5.74, 6) is -2.72. The summed E-state index contributed by atoms with van der Waals surface area (Å²) in [5, 5.41) is 13.0. The van der Waals surface area contributed by atoms with Crippen LogP contribution in [0, 0.1) is 35.0 Å². The summed E-state index contributed by atoms with van der Waals surface area (Å²) in [6.07, 6.45) is 8.32. The zero-order valence-electron chi connectivity index (χ0n) is 17.7. The Balaban J connectivity index is 1.61. The largest absolute Gasteiger partial charge is 0.481 e. The second-order valence-corrected chi connectivity index (χ2v) is 10.8. The monoisotopic (exact) mass is 430 g/mol. The predicted molar refractivity (Wildman–Crippen MR) is 116 cm³/mol. The van der Waals surface area contributed by atoms with E-state index in [9.17, 15) is 19.5 Å². The maximum atomic E-state index is 13.1. The first kappa shape index (κ1) is 21.1. The van der Waals surface area contributed by atoms with Crippen molar-refractivity contribution in [2.75, 3.05) is 5.32 Å². The summed E-state index contributed by atoms with van der Waals surface area (Å²) < 4.78 is 0. The van der Waals surface area contributed by atoms with Gasteiger partial charge in [-0.2, -0.15) is 0 Å². The van der Waals surface area contributed by atoms with Crippen LogP contribution in [0.5, 0.6) is 0 Å². The zero-order valence-corrected chi connectivity index (χ0v) is 18.6. The zero-order chi connectivity index (χ0) is 21.8. The number of thiophene rings is 1. The van der Waals surface area contributed by atoms with Crippen LogP contribution in [0.4, 0.5) is 5.00 Å². The molecule has 6 nitrogen and oxygen atoms in total. The number of rotatable bonds is 6. The van der Waals surface area contributed by atoms with Crippen LogP contribution >= 0.6 is 11.3 Å². The average Bonchev–Trinajstić information content (AvgIpc) is 3.39. The van der Waals surface area contributed by atoms with Crippen LogP contribution in [0.1, 0.15) is 60.8 Å². The van der Waals surface area contributed by atoms with Crippen molar-refractivity contribution in [1.82, 2.24) is 0 Å². The van der Waals surface area contributed by atoms with Gasteiger partial charge in [0.15, 0.2) is 0 Å². The van der Waals surface area contributed by atoms with E-state index in [1.807, 2.05) is 12.2 Å². The van der Waals surface area contributed by atoms with Crippen molar-refractivity contribution in [3.05, 3.63) is 28.2 Å². The van der Waals surface area contributed by atoms with Gasteiger partial charge in [0.25, 0.3) is 5.91 Å². The maximum Gasteiger partial charge on any atom is 0.307 e. The molecule has 1 heterocycles. The molecule has 2 bridgehead atoms. The second kappa shape index (κ2) is 7.52. The minimum absolute atomic E-state index is 0.0579. The molecule has 2 amide bonds. The van der Waals surface area contributed by atoms with Crippen LogP contribution in [-0.4, -0.2) is 22.9 Å². The molecule has 7 heteroatoms. The Hall–Kier alpha value is -2.15. The number of amides is 2. The SMILES string of the molecule is CCC(C)(C)[C@@H]1CCc2c(sc(NC(=O)[C@@H]3[C@H](C(=O)O)[C@H]4C=C[C@H]3C4)c2C(N)=O)C1. The van der Waals surface area contributed by atoms with E-state index in [2.05, 4.69) is 26.1 Å². The lowest BCUT2D eigenvalue weighted by Crippen LogP contribution is -2.36. The lowest BCUT2D eigenvalue weighted by atomic mass is 9.69. The highest BCUT2D eigenvalue weighted by atomic mass is 32.1. The first-order valence-electron chi connectivity index (χ1n) is 10.8. The number of carbonyl (C=O) groups is 3. The van der Waals surface area contributed by atoms with E-state index in [1.165, 1.54) is 11.3 Å². The van der Waals surface area contributed by atoms with Gasteiger partial charge in [-0.3, -0.25) is 14.4 Å². The van der Waals surface area contributed by atoms with Crippen molar-refractivity contribution < 1.29 is 19.5 Å². The molecule has 0 radical (unpaired) electrons. The van der Waals surface area contributed by atoms with Gasteiger partial charge in [-0.1, -0.05) is 39.3 Å². The number of aliphatic carboxylic acids is 1. The number of nitrogens with one attached hydrogen (secondary N) is 1. The van der Waals surface area contributed by atoms with Crippen LogP contribution in [-0.2, 0) is 22.4 Å². The minimum Gasteiger partial charge on any atom is -0.481 e. The molecule has 0 aromatic carbocycles. The molecule has 0 aliphatic heterocycles. The second-order valence-electron chi connectivity index (χ2n) is 9.68. The Morgan fingerprint density at radius 1 is 1.23 bits per heavy atom. The van der Waals surface area contributed by atoms with Gasteiger partial charge in [-0.05, 0) is 54.4 Å². The maximum absolute atomic E-state index is 13.1. The third kappa shape index (κ3) is 3.37. The van der Waals surface area contributed by atoms with Crippen molar-refractivity contribution in [2.45, 2.75) is 52.9 Å². The summed E-state index contributed by atoms with van der Waals surface area (Å²) in [6, 6.07) is 0. The normalized spacial score (nSPS) is 29.6. The topological polar surface area (TPSA) is 109 Å². The Morgan fingerprint density at radius 3 is 2.50 bits per heavy atom. The number of fused-ring (bicyclic) bond motifs is 3. The van der Waals surface area contributed by atoms with Crippen molar-refractivity contribution in [3.8, 4) is 0 Å². The molecule has 1 fully saturated rings. The summed E-state index contributed by atoms with van der Waals surface area (Å²) in [4.78, 5) is 38.3. The molecule has 3 aliphatic rings. The molecule has 0 saturated heterocycles. The molecule has 162 valence electrons. The molecule has 1 aromatic rings. The molecular weight excluding hydrogens is 400 g/mol. The highest BCUT2D eigenvalue weighted by Crippen LogP contribution is 2.49. The van der Waals surface area contributed by atoms with E-state index in [-0.39, 0.29) is 23.2 Å². The van der Waals surface area contributed by atoms with Crippen LogP contribution in [0.15, 0.2) is 12.2 Å². The Labute approximate surface area is 180 Å². The number of nitrogens with two attached hydrogens (primary N) is 1. The van der Waals surface area contributed by atoms with Crippen LogP contribution in [0.3, 0.4) is 0 Å². The summed E-state index contributed by atoms with van der Waals surface area (Å²) >= 11 is 1.44. The molecule has 0 unspecified atom stereocenters. The average molecular weight is 431 g/mol. The van der Waals surface area contributed by atoms with Gasteiger partial charge in [0.2, 0.25) is 5.91 Å². The molecule has 4 N–H and O–H groups in total. The van der Waals surface area contributed by atoms with Gasteiger partial charge in [0.05, 0.1) is 17.4 Å². The van der Waals surface area contributed by atoms with Gasteiger partial charge in [-0.15, -0.1) is 11.3 Å².